The van der Waals surface area contributed by atoms with Crippen LogP contribution in [0.1, 0.15) is 37.0 Å². The van der Waals surface area contributed by atoms with Crippen LogP contribution in [0.15, 0.2) is 23.1 Å². The molecule has 0 saturated heterocycles. The molecule has 1 rings (SSSR count). The Balaban J connectivity index is 3.12. The summed E-state index contributed by atoms with van der Waals surface area (Å²) in [7, 11) is 2.70. The van der Waals surface area contributed by atoms with Gasteiger partial charge in [0.15, 0.2) is 0 Å². The molecule has 0 bridgehead atoms. The van der Waals surface area contributed by atoms with Crippen molar-refractivity contribution in [3.63, 3.8) is 0 Å². The number of amides is 1. The van der Waals surface area contributed by atoms with Crippen LogP contribution in [0.4, 0.5) is 0 Å². The molecule has 0 unspecified atom stereocenters. The predicted molar refractivity (Wildman–Crippen MR) is 77.9 cm³/mol. The Labute approximate surface area is 123 Å². The van der Waals surface area contributed by atoms with Crippen molar-refractivity contribution >= 4 is 25.6 Å². The van der Waals surface area contributed by atoms with Crippen LogP contribution in [0, 0.1) is 0 Å². The summed E-state index contributed by atoms with van der Waals surface area (Å²) in [4.78, 5) is 11.9. The zero-order chi connectivity index (χ0) is 15.3. The molecule has 0 spiro atoms. The molecule has 1 aromatic carbocycles. The SMILES string of the molecule is CCC(CC)NC(=O)c1ccc(OC)c(S(=O)(=O)Cl)c1. The lowest BCUT2D eigenvalue weighted by atomic mass is 10.1. The van der Waals surface area contributed by atoms with Crippen LogP contribution >= 0.6 is 10.7 Å². The molecule has 112 valence electrons. The first-order chi connectivity index (χ1) is 9.33. The van der Waals surface area contributed by atoms with Gasteiger partial charge in [-0.25, -0.2) is 8.42 Å². The van der Waals surface area contributed by atoms with Crippen LogP contribution in [0.2, 0.25) is 0 Å². The molecule has 0 aliphatic rings. The van der Waals surface area contributed by atoms with Gasteiger partial charge in [-0.2, -0.15) is 0 Å². The summed E-state index contributed by atoms with van der Waals surface area (Å²) >= 11 is 0. The van der Waals surface area contributed by atoms with E-state index in [1.54, 1.807) is 0 Å². The van der Waals surface area contributed by atoms with E-state index in [1.807, 2.05) is 13.8 Å². The third-order valence-corrected chi connectivity index (χ3v) is 4.35. The molecule has 0 aromatic heterocycles. The highest BCUT2D eigenvalue weighted by Gasteiger charge is 2.20. The van der Waals surface area contributed by atoms with Gasteiger partial charge in [-0.3, -0.25) is 4.79 Å². The molecule has 0 radical (unpaired) electrons. The summed E-state index contributed by atoms with van der Waals surface area (Å²) in [5.74, 6) is -0.220. The first kappa shape index (κ1) is 16.8. The largest absolute Gasteiger partial charge is 0.495 e. The summed E-state index contributed by atoms with van der Waals surface area (Å²) in [6.45, 7) is 3.94. The molecule has 1 aromatic rings. The molecule has 0 fully saturated rings. The van der Waals surface area contributed by atoms with E-state index in [4.69, 9.17) is 15.4 Å². The Bertz CT molecular complexity index is 582. The highest BCUT2D eigenvalue weighted by atomic mass is 35.7. The lowest BCUT2D eigenvalue weighted by molar-refractivity contribution is 0.0934. The number of nitrogens with one attached hydrogen (secondary N) is 1. The quantitative estimate of drug-likeness (QED) is 0.818. The monoisotopic (exact) mass is 319 g/mol. The average Bonchev–Trinajstić information content (AvgIpc) is 2.42. The Morgan fingerprint density at radius 2 is 1.95 bits per heavy atom. The predicted octanol–water partition coefficient (Wildman–Crippen LogP) is 2.54. The second-order valence-electron chi connectivity index (χ2n) is 4.29. The van der Waals surface area contributed by atoms with Gasteiger partial charge in [0.2, 0.25) is 0 Å². The van der Waals surface area contributed by atoms with E-state index in [1.165, 1.54) is 25.3 Å². The number of rotatable bonds is 6. The van der Waals surface area contributed by atoms with Crippen molar-refractivity contribution in [2.24, 2.45) is 0 Å². The number of benzene rings is 1. The molecule has 0 aliphatic carbocycles. The maximum atomic E-state index is 12.1. The van der Waals surface area contributed by atoms with E-state index in [9.17, 15) is 13.2 Å². The molecule has 20 heavy (non-hydrogen) atoms. The molecular formula is C13H18ClNO4S. The van der Waals surface area contributed by atoms with Crippen LogP contribution in [0.5, 0.6) is 5.75 Å². The zero-order valence-electron chi connectivity index (χ0n) is 11.6. The number of carbonyl (C=O) groups is 1. The van der Waals surface area contributed by atoms with Gasteiger partial charge in [0.05, 0.1) is 7.11 Å². The Morgan fingerprint density at radius 3 is 2.40 bits per heavy atom. The van der Waals surface area contributed by atoms with Crippen molar-refractivity contribution in [3.8, 4) is 5.75 Å². The third kappa shape index (κ3) is 4.11. The van der Waals surface area contributed by atoms with Gasteiger partial charge in [0, 0.05) is 22.3 Å². The van der Waals surface area contributed by atoms with Gasteiger partial charge in [-0.05, 0) is 31.0 Å². The summed E-state index contributed by atoms with van der Waals surface area (Å²) in [5.41, 5.74) is 0.233. The van der Waals surface area contributed by atoms with Gasteiger partial charge >= 0.3 is 0 Å². The van der Waals surface area contributed by atoms with E-state index < -0.39 is 9.05 Å². The normalized spacial score (nSPS) is 11.4. The highest BCUT2D eigenvalue weighted by Crippen LogP contribution is 2.27. The summed E-state index contributed by atoms with van der Waals surface area (Å²) in [6.07, 6.45) is 1.61. The van der Waals surface area contributed by atoms with Crippen molar-refractivity contribution in [2.75, 3.05) is 7.11 Å². The molecule has 7 heteroatoms. The third-order valence-electron chi connectivity index (χ3n) is 3.01. The Hall–Kier alpha value is -1.27. The Kier molecular flexibility index (Phi) is 5.83. The van der Waals surface area contributed by atoms with Gasteiger partial charge < -0.3 is 10.1 Å². The minimum Gasteiger partial charge on any atom is -0.495 e. The molecular weight excluding hydrogens is 302 g/mol. The minimum atomic E-state index is -3.97. The molecule has 0 saturated carbocycles. The van der Waals surface area contributed by atoms with Crippen molar-refractivity contribution in [1.82, 2.24) is 5.32 Å². The lowest BCUT2D eigenvalue weighted by Gasteiger charge is -2.15. The van der Waals surface area contributed by atoms with Gasteiger partial charge in [0.25, 0.3) is 15.0 Å². The van der Waals surface area contributed by atoms with Crippen LogP contribution in [-0.4, -0.2) is 27.5 Å². The number of ether oxygens (including phenoxy) is 1. The maximum absolute atomic E-state index is 12.1. The fourth-order valence-electron chi connectivity index (χ4n) is 1.77. The van der Waals surface area contributed by atoms with E-state index in [0.717, 1.165) is 12.8 Å². The molecule has 0 aliphatic heterocycles. The molecule has 0 atom stereocenters. The fraction of sp³-hybridized carbons (Fsp3) is 0.462. The van der Waals surface area contributed by atoms with Gasteiger partial charge in [-0.1, -0.05) is 13.8 Å². The van der Waals surface area contributed by atoms with Crippen LogP contribution in [-0.2, 0) is 9.05 Å². The average molecular weight is 320 g/mol. The standard InChI is InChI=1S/C13H18ClNO4S/c1-4-10(5-2)15-13(16)9-6-7-11(19-3)12(8-9)20(14,17)18/h6-8,10H,4-5H2,1-3H3,(H,15,16). The first-order valence-electron chi connectivity index (χ1n) is 6.27. The van der Waals surface area contributed by atoms with Gasteiger partial charge in [0.1, 0.15) is 10.6 Å². The Morgan fingerprint density at radius 1 is 1.35 bits per heavy atom. The second-order valence-corrected chi connectivity index (χ2v) is 6.82. The molecule has 1 amide bonds. The molecule has 5 nitrogen and oxygen atoms in total. The number of halogens is 1. The van der Waals surface area contributed by atoms with Crippen molar-refractivity contribution in [2.45, 2.75) is 37.6 Å². The topological polar surface area (TPSA) is 72.5 Å². The molecule has 1 N–H and O–H groups in total. The van der Waals surface area contributed by atoms with Crippen LogP contribution in [0.3, 0.4) is 0 Å². The minimum absolute atomic E-state index is 0.0562. The maximum Gasteiger partial charge on any atom is 0.265 e. The second kappa shape index (κ2) is 6.95. The molecule has 0 heterocycles. The number of methoxy groups -OCH3 is 1. The van der Waals surface area contributed by atoms with E-state index in [0.29, 0.717) is 0 Å². The van der Waals surface area contributed by atoms with Crippen molar-refractivity contribution in [1.29, 1.82) is 0 Å². The number of hydrogen-bond acceptors (Lipinski definition) is 4. The first-order valence-corrected chi connectivity index (χ1v) is 8.58. The van der Waals surface area contributed by atoms with E-state index >= 15 is 0 Å². The van der Waals surface area contributed by atoms with Crippen LogP contribution in [0.25, 0.3) is 0 Å². The highest BCUT2D eigenvalue weighted by molar-refractivity contribution is 8.13. The fourth-order valence-corrected chi connectivity index (χ4v) is 2.79. The zero-order valence-corrected chi connectivity index (χ0v) is 13.2. The van der Waals surface area contributed by atoms with Gasteiger partial charge in [-0.15, -0.1) is 0 Å². The van der Waals surface area contributed by atoms with Crippen LogP contribution < -0.4 is 10.1 Å². The summed E-state index contributed by atoms with van der Waals surface area (Å²) in [5, 5.41) is 2.83. The summed E-state index contributed by atoms with van der Waals surface area (Å²) < 4.78 is 27.9. The number of carbonyl (C=O) groups excluding carboxylic acids is 1. The van der Waals surface area contributed by atoms with E-state index in [2.05, 4.69) is 5.32 Å². The number of hydrogen-bond donors (Lipinski definition) is 1. The lowest BCUT2D eigenvalue weighted by Crippen LogP contribution is -2.33. The van der Waals surface area contributed by atoms with Crippen molar-refractivity contribution in [3.05, 3.63) is 23.8 Å². The summed E-state index contributed by atoms with van der Waals surface area (Å²) in [6, 6.07) is 4.19. The smallest absolute Gasteiger partial charge is 0.265 e. The van der Waals surface area contributed by atoms with E-state index in [-0.39, 0.29) is 28.2 Å². The van der Waals surface area contributed by atoms with Crippen molar-refractivity contribution < 1.29 is 17.9 Å².